The molecule has 0 atom stereocenters. The first kappa shape index (κ1) is 15.3. The van der Waals surface area contributed by atoms with Gasteiger partial charge in [-0.05, 0) is 31.4 Å². The van der Waals surface area contributed by atoms with E-state index in [2.05, 4.69) is 0 Å². The van der Waals surface area contributed by atoms with Crippen LogP contribution in [0.15, 0.2) is 18.2 Å². The number of carbonyl (C=O) groups excluding carboxylic acids is 1. The topological polar surface area (TPSA) is 90.5 Å². The third kappa shape index (κ3) is 3.26. The Labute approximate surface area is 134 Å². The van der Waals surface area contributed by atoms with Crippen molar-refractivity contribution in [1.29, 1.82) is 5.26 Å². The van der Waals surface area contributed by atoms with E-state index in [0.29, 0.717) is 37.4 Å². The summed E-state index contributed by atoms with van der Waals surface area (Å²) in [5.41, 5.74) is 0.876. The van der Waals surface area contributed by atoms with Crippen LogP contribution in [0.1, 0.15) is 24.8 Å². The summed E-state index contributed by atoms with van der Waals surface area (Å²) >= 11 is 0. The normalized spacial score (nSPS) is 18.2. The number of benzene rings is 1. The fourth-order valence-electron chi connectivity index (χ4n) is 2.97. The van der Waals surface area contributed by atoms with E-state index in [0.717, 1.165) is 19.3 Å². The first-order chi connectivity index (χ1) is 11.1. The summed E-state index contributed by atoms with van der Waals surface area (Å²) in [6.45, 7) is 2.46. The van der Waals surface area contributed by atoms with E-state index in [1.807, 2.05) is 15.9 Å². The van der Waals surface area contributed by atoms with Crippen LogP contribution in [-0.2, 0) is 4.79 Å². The van der Waals surface area contributed by atoms with E-state index in [9.17, 15) is 14.9 Å². The van der Waals surface area contributed by atoms with Gasteiger partial charge in [0.25, 0.3) is 5.69 Å². The second kappa shape index (κ2) is 6.24. The molecule has 1 saturated carbocycles. The molecule has 0 aromatic heterocycles. The minimum Gasteiger partial charge on any atom is -0.364 e. The lowest BCUT2D eigenvalue weighted by Crippen LogP contribution is -2.36. The van der Waals surface area contributed by atoms with Gasteiger partial charge in [-0.1, -0.05) is 0 Å². The first-order valence-corrected chi connectivity index (χ1v) is 7.82. The molecule has 0 spiro atoms. The summed E-state index contributed by atoms with van der Waals surface area (Å²) in [5, 5.41) is 20.3. The van der Waals surface area contributed by atoms with Crippen LogP contribution in [0.25, 0.3) is 0 Å². The molecule has 0 radical (unpaired) electrons. The van der Waals surface area contributed by atoms with E-state index in [-0.39, 0.29) is 17.5 Å². The molecule has 23 heavy (non-hydrogen) atoms. The van der Waals surface area contributed by atoms with Crippen LogP contribution in [0.4, 0.5) is 11.4 Å². The van der Waals surface area contributed by atoms with Crippen LogP contribution in [-0.4, -0.2) is 41.9 Å². The minimum atomic E-state index is -0.422. The van der Waals surface area contributed by atoms with Gasteiger partial charge in [0.1, 0.15) is 5.69 Å². The predicted molar refractivity (Wildman–Crippen MR) is 83.9 cm³/mol. The van der Waals surface area contributed by atoms with E-state index in [1.54, 1.807) is 6.07 Å². The van der Waals surface area contributed by atoms with E-state index < -0.39 is 4.92 Å². The molecule has 1 aliphatic carbocycles. The Bertz CT molecular complexity index is 678. The highest BCUT2D eigenvalue weighted by Gasteiger charge is 2.34. The van der Waals surface area contributed by atoms with E-state index in [4.69, 9.17) is 5.26 Å². The van der Waals surface area contributed by atoms with Gasteiger partial charge in [-0.25, -0.2) is 0 Å². The van der Waals surface area contributed by atoms with Crippen LogP contribution >= 0.6 is 0 Å². The van der Waals surface area contributed by atoms with Crippen molar-refractivity contribution in [3.05, 3.63) is 33.9 Å². The van der Waals surface area contributed by atoms with Crippen molar-refractivity contribution in [2.45, 2.75) is 19.3 Å². The molecule has 120 valence electrons. The van der Waals surface area contributed by atoms with Crippen LogP contribution in [0.2, 0.25) is 0 Å². The zero-order valence-electron chi connectivity index (χ0n) is 12.8. The van der Waals surface area contributed by atoms with E-state index >= 15 is 0 Å². The smallest absolute Gasteiger partial charge is 0.292 e. The Morgan fingerprint density at radius 3 is 2.70 bits per heavy atom. The molecule has 1 aromatic rings. The van der Waals surface area contributed by atoms with Gasteiger partial charge in [0.15, 0.2) is 0 Å². The van der Waals surface area contributed by atoms with E-state index in [1.165, 1.54) is 12.1 Å². The summed E-state index contributed by atoms with van der Waals surface area (Å²) in [7, 11) is 0. The van der Waals surface area contributed by atoms with Crippen molar-refractivity contribution in [2.75, 3.05) is 31.1 Å². The summed E-state index contributed by atoms with van der Waals surface area (Å²) in [6, 6.07) is 6.43. The Kier molecular flexibility index (Phi) is 4.15. The molecule has 1 aliphatic heterocycles. The molecule has 2 aliphatic rings. The predicted octanol–water partition coefficient (Wildman–Crippen LogP) is 1.92. The second-order valence-corrected chi connectivity index (χ2v) is 6.01. The van der Waals surface area contributed by atoms with Gasteiger partial charge in [0.05, 0.1) is 16.6 Å². The molecular weight excluding hydrogens is 296 g/mol. The molecule has 0 bridgehead atoms. The Balaban J connectivity index is 1.80. The molecule has 2 fully saturated rings. The second-order valence-electron chi connectivity index (χ2n) is 6.01. The van der Waals surface area contributed by atoms with Gasteiger partial charge in [0, 0.05) is 38.2 Å². The van der Waals surface area contributed by atoms with Crippen LogP contribution in [0, 0.1) is 27.4 Å². The van der Waals surface area contributed by atoms with Gasteiger partial charge in [0.2, 0.25) is 5.91 Å². The van der Waals surface area contributed by atoms with Crippen LogP contribution in [0.3, 0.4) is 0 Å². The maximum Gasteiger partial charge on any atom is 0.292 e. The molecule has 7 heteroatoms. The monoisotopic (exact) mass is 314 g/mol. The number of anilines is 1. The largest absolute Gasteiger partial charge is 0.364 e. The maximum atomic E-state index is 12.2. The van der Waals surface area contributed by atoms with Gasteiger partial charge in [-0.2, -0.15) is 5.26 Å². The Hall–Kier alpha value is -2.62. The molecule has 1 amide bonds. The summed E-state index contributed by atoms with van der Waals surface area (Å²) < 4.78 is 0. The summed E-state index contributed by atoms with van der Waals surface area (Å²) in [5.74, 6) is 0.407. The average Bonchev–Trinajstić information content (AvgIpc) is 3.39. The fourth-order valence-corrected chi connectivity index (χ4v) is 2.97. The van der Waals surface area contributed by atoms with Gasteiger partial charge in [-0.3, -0.25) is 14.9 Å². The zero-order valence-corrected chi connectivity index (χ0v) is 12.8. The molecule has 0 unspecified atom stereocenters. The Morgan fingerprint density at radius 1 is 1.26 bits per heavy atom. The third-order valence-corrected chi connectivity index (χ3v) is 4.38. The van der Waals surface area contributed by atoms with Crippen molar-refractivity contribution >= 4 is 17.3 Å². The van der Waals surface area contributed by atoms with Gasteiger partial charge >= 0.3 is 0 Å². The number of carbonyl (C=O) groups is 1. The first-order valence-electron chi connectivity index (χ1n) is 7.82. The van der Waals surface area contributed by atoms with Crippen molar-refractivity contribution < 1.29 is 9.72 Å². The highest BCUT2D eigenvalue weighted by atomic mass is 16.6. The summed E-state index contributed by atoms with van der Waals surface area (Å²) in [4.78, 5) is 26.8. The molecule has 1 heterocycles. The fraction of sp³-hybridized carbons (Fsp3) is 0.500. The van der Waals surface area contributed by atoms with Crippen molar-refractivity contribution in [3.8, 4) is 6.07 Å². The zero-order chi connectivity index (χ0) is 16.4. The lowest BCUT2D eigenvalue weighted by Gasteiger charge is -2.23. The van der Waals surface area contributed by atoms with Crippen LogP contribution in [0.5, 0.6) is 0 Å². The number of nitriles is 1. The number of nitrogens with zero attached hydrogens (tertiary/aromatic N) is 4. The van der Waals surface area contributed by atoms with Crippen molar-refractivity contribution in [3.63, 3.8) is 0 Å². The van der Waals surface area contributed by atoms with Crippen molar-refractivity contribution in [2.24, 2.45) is 5.92 Å². The Morgan fingerprint density at radius 2 is 2.04 bits per heavy atom. The van der Waals surface area contributed by atoms with Crippen LogP contribution < -0.4 is 4.90 Å². The number of hydrogen-bond donors (Lipinski definition) is 0. The van der Waals surface area contributed by atoms with Crippen molar-refractivity contribution in [1.82, 2.24) is 4.90 Å². The average molecular weight is 314 g/mol. The van der Waals surface area contributed by atoms with Gasteiger partial charge in [-0.15, -0.1) is 0 Å². The number of nitro groups is 1. The molecule has 0 N–H and O–H groups in total. The molecule has 1 saturated heterocycles. The molecule has 3 rings (SSSR count). The highest BCUT2D eigenvalue weighted by molar-refractivity contribution is 5.81. The lowest BCUT2D eigenvalue weighted by atomic mass is 10.1. The quantitative estimate of drug-likeness (QED) is 0.628. The third-order valence-electron chi connectivity index (χ3n) is 4.38. The minimum absolute atomic E-state index is 0.00553. The lowest BCUT2D eigenvalue weighted by molar-refractivity contribution is -0.384. The number of nitro benzene ring substituents is 1. The van der Waals surface area contributed by atoms with Gasteiger partial charge < -0.3 is 9.80 Å². The number of rotatable bonds is 3. The standard InChI is InChI=1S/C16H18N4O3/c17-11-12-2-5-14(20(22)23)15(10-12)18-6-1-7-19(9-8-18)16(21)13-3-4-13/h2,5,10,13H,1,3-4,6-9H2. The number of amides is 1. The molecular formula is C16H18N4O3. The summed E-state index contributed by atoms with van der Waals surface area (Å²) in [6.07, 6.45) is 2.73. The molecule has 1 aromatic carbocycles. The number of hydrogen-bond acceptors (Lipinski definition) is 5. The highest BCUT2D eigenvalue weighted by Crippen LogP contribution is 2.33. The molecule has 7 nitrogen and oxygen atoms in total. The SMILES string of the molecule is N#Cc1ccc([N+](=O)[O-])c(N2CCCN(C(=O)C3CC3)CC2)c1. The maximum absolute atomic E-state index is 12.2.